The fraction of sp³-hybridized carbons (Fsp3) is 0. The van der Waals surface area contributed by atoms with E-state index in [0.29, 0.717) is 21.9 Å². The zero-order chi connectivity index (χ0) is 11.3. The van der Waals surface area contributed by atoms with Crippen LogP contribution in [-0.4, -0.2) is 17.3 Å². The minimum Gasteiger partial charge on any atom is -0.411 e. The number of nitrogens with zero attached hydrogens (tertiary/aromatic N) is 1. The van der Waals surface area contributed by atoms with Crippen LogP contribution >= 0.6 is 23.2 Å². The Morgan fingerprint density at radius 3 is 2.73 bits per heavy atom. The van der Waals surface area contributed by atoms with Gasteiger partial charge in [0.1, 0.15) is 6.21 Å². The number of hydrogen-bond acceptors (Lipinski definition) is 4. The molecule has 0 saturated heterocycles. The Kier molecular flexibility index (Phi) is 4.20. The van der Waals surface area contributed by atoms with E-state index in [9.17, 15) is 4.79 Å². The Labute approximate surface area is 95.6 Å². The lowest BCUT2D eigenvalue weighted by Crippen LogP contribution is -2.30. The van der Waals surface area contributed by atoms with Crippen LogP contribution in [0.4, 0.5) is 5.69 Å². The molecule has 1 amide bonds. The molecule has 7 heteroatoms. The number of benzene rings is 1. The third-order valence-electron chi connectivity index (χ3n) is 1.42. The van der Waals surface area contributed by atoms with Crippen molar-refractivity contribution in [3.05, 3.63) is 28.2 Å². The van der Waals surface area contributed by atoms with Crippen molar-refractivity contribution in [3.63, 3.8) is 0 Å². The summed E-state index contributed by atoms with van der Waals surface area (Å²) in [6, 6.07) is 4.75. The lowest BCUT2D eigenvalue weighted by atomic mass is 10.3. The van der Waals surface area contributed by atoms with Gasteiger partial charge in [0, 0.05) is 0 Å². The van der Waals surface area contributed by atoms with Crippen molar-refractivity contribution in [2.24, 2.45) is 5.16 Å². The molecule has 0 radical (unpaired) electrons. The molecule has 1 aromatic rings. The standard InChI is InChI=1S/C8H7Cl2N3O2/c9-6-2-1-5(3-7(6)10)12-13-8(14)4-11-15/h1-4,12,15H,(H,13,14). The maximum Gasteiger partial charge on any atom is 0.284 e. The van der Waals surface area contributed by atoms with E-state index in [-0.39, 0.29) is 0 Å². The minimum absolute atomic E-state index is 0.367. The molecule has 0 aliphatic heterocycles. The summed E-state index contributed by atoms with van der Waals surface area (Å²) in [6.07, 6.45) is 0.713. The highest BCUT2D eigenvalue weighted by Crippen LogP contribution is 2.24. The summed E-state index contributed by atoms with van der Waals surface area (Å²) in [4.78, 5) is 10.8. The summed E-state index contributed by atoms with van der Waals surface area (Å²) in [5.41, 5.74) is 5.36. The zero-order valence-electron chi connectivity index (χ0n) is 7.37. The molecule has 5 nitrogen and oxygen atoms in total. The Balaban J connectivity index is 2.58. The number of oxime groups is 1. The molecule has 0 aromatic heterocycles. The van der Waals surface area contributed by atoms with E-state index >= 15 is 0 Å². The molecule has 0 aliphatic rings. The van der Waals surface area contributed by atoms with E-state index in [1.807, 2.05) is 0 Å². The van der Waals surface area contributed by atoms with Crippen LogP contribution < -0.4 is 10.9 Å². The number of amides is 1. The smallest absolute Gasteiger partial charge is 0.284 e. The second-order valence-electron chi connectivity index (χ2n) is 2.49. The Hall–Kier alpha value is -1.46. The minimum atomic E-state index is -0.594. The van der Waals surface area contributed by atoms with Gasteiger partial charge in [-0.3, -0.25) is 15.6 Å². The number of carbonyl (C=O) groups is 1. The first-order valence-electron chi connectivity index (χ1n) is 3.82. The van der Waals surface area contributed by atoms with Gasteiger partial charge in [-0.25, -0.2) is 0 Å². The largest absolute Gasteiger partial charge is 0.411 e. The number of nitrogens with one attached hydrogen (secondary N) is 2. The van der Waals surface area contributed by atoms with E-state index in [1.165, 1.54) is 0 Å². The number of hydrazine groups is 1. The maximum absolute atomic E-state index is 10.8. The molecule has 80 valence electrons. The van der Waals surface area contributed by atoms with Crippen LogP contribution in [0.15, 0.2) is 23.4 Å². The van der Waals surface area contributed by atoms with Crippen molar-refractivity contribution in [3.8, 4) is 0 Å². The maximum atomic E-state index is 10.8. The number of anilines is 1. The third-order valence-corrected chi connectivity index (χ3v) is 2.16. The van der Waals surface area contributed by atoms with E-state index in [2.05, 4.69) is 16.0 Å². The molecule has 3 N–H and O–H groups in total. The third kappa shape index (κ3) is 3.65. The lowest BCUT2D eigenvalue weighted by molar-refractivity contribution is -0.114. The average molecular weight is 248 g/mol. The van der Waals surface area contributed by atoms with Gasteiger partial charge in [0.2, 0.25) is 0 Å². The predicted octanol–water partition coefficient (Wildman–Crippen LogP) is 1.90. The van der Waals surface area contributed by atoms with Crippen LogP contribution in [-0.2, 0) is 4.79 Å². The van der Waals surface area contributed by atoms with Gasteiger partial charge in [-0.05, 0) is 18.2 Å². The lowest BCUT2D eigenvalue weighted by Gasteiger charge is -2.06. The Morgan fingerprint density at radius 2 is 2.13 bits per heavy atom. The van der Waals surface area contributed by atoms with Crippen LogP contribution in [0.1, 0.15) is 0 Å². The first kappa shape index (κ1) is 11.6. The van der Waals surface area contributed by atoms with Crippen molar-refractivity contribution in [1.82, 2.24) is 5.43 Å². The quantitative estimate of drug-likeness (QED) is 0.434. The highest BCUT2D eigenvalue weighted by Gasteiger charge is 2.00. The van der Waals surface area contributed by atoms with Crippen molar-refractivity contribution in [2.75, 3.05) is 5.43 Å². The van der Waals surface area contributed by atoms with Crippen LogP contribution in [0.3, 0.4) is 0 Å². The number of halogens is 2. The predicted molar refractivity (Wildman–Crippen MR) is 58.5 cm³/mol. The van der Waals surface area contributed by atoms with E-state index in [1.54, 1.807) is 18.2 Å². The molecule has 0 unspecified atom stereocenters. The zero-order valence-corrected chi connectivity index (χ0v) is 8.88. The van der Waals surface area contributed by atoms with Gasteiger partial charge >= 0.3 is 0 Å². The molecule has 0 aliphatic carbocycles. The fourth-order valence-electron chi connectivity index (χ4n) is 0.792. The first-order chi connectivity index (χ1) is 7.13. The van der Waals surface area contributed by atoms with E-state index in [0.717, 1.165) is 0 Å². The Bertz CT molecular complexity index is 395. The monoisotopic (exact) mass is 247 g/mol. The van der Waals surface area contributed by atoms with Crippen molar-refractivity contribution >= 4 is 41.0 Å². The molecular weight excluding hydrogens is 241 g/mol. The summed E-state index contributed by atoms with van der Waals surface area (Å²) in [6.45, 7) is 0. The van der Waals surface area contributed by atoms with Crippen LogP contribution in [0.25, 0.3) is 0 Å². The second kappa shape index (κ2) is 5.43. The van der Waals surface area contributed by atoms with Gasteiger partial charge < -0.3 is 5.21 Å². The van der Waals surface area contributed by atoms with Crippen molar-refractivity contribution < 1.29 is 10.0 Å². The van der Waals surface area contributed by atoms with Crippen LogP contribution in [0.5, 0.6) is 0 Å². The normalized spacial score (nSPS) is 10.3. The molecular formula is C8H7Cl2N3O2. The summed E-state index contributed by atoms with van der Waals surface area (Å²) in [7, 11) is 0. The molecule has 15 heavy (non-hydrogen) atoms. The molecule has 0 heterocycles. The van der Waals surface area contributed by atoms with Crippen molar-refractivity contribution in [2.45, 2.75) is 0 Å². The van der Waals surface area contributed by atoms with E-state index < -0.39 is 5.91 Å². The number of rotatable bonds is 3. The van der Waals surface area contributed by atoms with Gasteiger partial charge in [0.15, 0.2) is 0 Å². The fourth-order valence-corrected chi connectivity index (χ4v) is 1.09. The second-order valence-corrected chi connectivity index (χ2v) is 3.30. The highest BCUT2D eigenvalue weighted by molar-refractivity contribution is 6.42. The summed E-state index contributed by atoms with van der Waals surface area (Å²) >= 11 is 11.4. The summed E-state index contributed by atoms with van der Waals surface area (Å²) in [5, 5.41) is 11.4. The molecule has 1 aromatic carbocycles. The number of hydrogen-bond donors (Lipinski definition) is 3. The van der Waals surface area contributed by atoms with Crippen molar-refractivity contribution in [1.29, 1.82) is 0 Å². The van der Waals surface area contributed by atoms with Gasteiger partial charge in [0.05, 0.1) is 15.7 Å². The molecule has 0 atom stereocenters. The van der Waals surface area contributed by atoms with Crippen LogP contribution in [0.2, 0.25) is 10.0 Å². The SMILES string of the molecule is O=C(C=NO)NNc1ccc(Cl)c(Cl)c1. The highest BCUT2D eigenvalue weighted by atomic mass is 35.5. The summed E-state index contributed by atoms with van der Waals surface area (Å²) < 4.78 is 0. The van der Waals surface area contributed by atoms with Gasteiger partial charge in [0.25, 0.3) is 5.91 Å². The molecule has 1 rings (SSSR count). The average Bonchev–Trinajstić information content (AvgIpc) is 2.20. The van der Waals surface area contributed by atoms with Gasteiger partial charge in [-0.1, -0.05) is 28.4 Å². The first-order valence-corrected chi connectivity index (χ1v) is 4.57. The van der Waals surface area contributed by atoms with Gasteiger partial charge in [-0.2, -0.15) is 0 Å². The molecule has 0 spiro atoms. The van der Waals surface area contributed by atoms with Gasteiger partial charge in [-0.15, -0.1) is 0 Å². The number of carbonyl (C=O) groups excluding carboxylic acids is 1. The molecule has 0 saturated carbocycles. The molecule has 0 fully saturated rings. The van der Waals surface area contributed by atoms with Crippen LogP contribution in [0, 0.1) is 0 Å². The topological polar surface area (TPSA) is 73.7 Å². The Morgan fingerprint density at radius 1 is 1.40 bits per heavy atom. The molecule has 0 bridgehead atoms. The van der Waals surface area contributed by atoms with E-state index in [4.69, 9.17) is 28.4 Å². The summed E-state index contributed by atoms with van der Waals surface area (Å²) in [5.74, 6) is -0.594.